The van der Waals surface area contributed by atoms with Crippen molar-refractivity contribution in [2.45, 2.75) is 27.2 Å². The number of halogens is 1. The van der Waals surface area contributed by atoms with Crippen molar-refractivity contribution in [1.29, 1.82) is 0 Å². The summed E-state index contributed by atoms with van der Waals surface area (Å²) in [5.41, 5.74) is 1.18. The lowest BCUT2D eigenvalue weighted by Crippen LogP contribution is -2.12. The summed E-state index contributed by atoms with van der Waals surface area (Å²) in [6, 6.07) is 2.08. The van der Waals surface area contributed by atoms with Crippen LogP contribution in [0.3, 0.4) is 0 Å². The second-order valence-electron chi connectivity index (χ2n) is 3.71. The topological polar surface area (TPSA) is 24.9 Å². The third-order valence-electron chi connectivity index (χ3n) is 2.36. The van der Waals surface area contributed by atoms with Crippen LogP contribution in [0.1, 0.15) is 25.8 Å². The highest BCUT2D eigenvalue weighted by Crippen LogP contribution is 2.17. The summed E-state index contributed by atoms with van der Waals surface area (Å²) in [4.78, 5) is 4.33. The first kappa shape index (κ1) is 11.5. The Labute approximate surface area is 94.3 Å². The number of nitrogens with one attached hydrogen (secondary N) is 1. The third-order valence-corrected chi connectivity index (χ3v) is 2.79. The van der Waals surface area contributed by atoms with Crippen molar-refractivity contribution in [3.8, 4) is 0 Å². The molecule has 0 fully saturated rings. The quantitative estimate of drug-likeness (QED) is 0.891. The van der Waals surface area contributed by atoms with Gasteiger partial charge in [-0.15, -0.1) is 0 Å². The molecule has 0 saturated heterocycles. The normalized spacial score (nSPS) is 12.6. The van der Waals surface area contributed by atoms with E-state index in [2.05, 4.69) is 53.1 Å². The highest BCUT2D eigenvalue weighted by molar-refractivity contribution is 9.10. The molecule has 1 unspecified atom stereocenters. The molecule has 3 heteroatoms. The van der Waals surface area contributed by atoms with Crippen molar-refractivity contribution in [1.82, 2.24) is 4.98 Å². The van der Waals surface area contributed by atoms with Gasteiger partial charge in [-0.05, 0) is 40.4 Å². The lowest BCUT2D eigenvalue weighted by molar-refractivity contribution is 0.592. The second kappa shape index (κ2) is 5.35. The van der Waals surface area contributed by atoms with E-state index in [1.54, 1.807) is 0 Å². The van der Waals surface area contributed by atoms with Gasteiger partial charge in [-0.3, -0.25) is 0 Å². The summed E-state index contributed by atoms with van der Waals surface area (Å²) in [5.74, 6) is 1.69. The van der Waals surface area contributed by atoms with Gasteiger partial charge in [-0.1, -0.05) is 20.3 Å². The summed E-state index contributed by atoms with van der Waals surface area (Å²) in [5, 5.41) is 3.36. The molecule has 1 rings (SSSR count). The Balaban J connectivity index is 2.59. The lowest BCUT2D eigenvalue weighted by Gasteiger charge is -2.12. The van der Waals surface area contributed by atoms with E-state index in [0.29, 0.717) is 5.92 Å². The smallest absolute Gasteiger partial charge is 0.128 e. The molecule has 0 bridgehead atoms. The Bertz CT molecular complexity index is 299. The Morgan fingerprint density at radius 1 is 1.57 bits per heavy atom. The van der Waals surface area contributed by atoms with Crippen molar-refractivity contribution in [3.05, 3.63) is 22.3 Å². The van der Waals surface area contributed by atoms with Crippen molar-refractivity contribution in [3.63, 3.8) is 0 Å². The fourth-order valence-corrected chi connectivity index (χ4v) is 1.59. The van der Waals surface area contributed by atoms with E-state index in [1.807, 2.05) is 6.20 Å². The fourth-order valence-electron chi connectivity index (χ4n) is 1.14. The summed E-state index contributed by atoms with van der Waals surface area (Å²) in [7, 11) is 0. The summed E-state index contributed by atoms with van der Waals surface area (Å²) in [6.07, 6.45) is 3.02. The highest BCUT2D eigenvalue weighted by atomic mass is 79.9. The Morgan fingerprint density at radius 2 is 2.29 bits per heavy atom. The molecule has 0 spiro atoms. The van der Waals surface area contributed by atoms with Crippen LogP contribution in [-0.4, -0.2) is 11.5 Å². The summed E-state index contributed by atoms with van der Waals surface area (Å²) < 4.78 is 1.03. The number of nitrogens with zero attached hydrogens (tertiary/aromatic N) is 1. The molecule has 14 heavy (non-hydrogen) atoms. The van der Waals surface area contributed by atoms with Crippen molar-refractivity contribution >= 4 is 21.7 Å². The molecule has 0 aliphatic rings. The first-order chi connectivity index (χ1) is 6.63. The molecule has 2 nitrogen and oxygen atoms in total. The predicted octanol–water partition coefficient (Wildman–Crippen LogP) is 3.61. The molecule has 1 aromatic heterocycles. The van der Waals surface area contributed by atoms with E-state index < -0.39 is 0 Å². The second-order valence-corrected chi connectivity index (χ2v) is 4.63. The van der Waals surface area contributed by atoms with Crippen LogP contribution in [0.4, 0.5) is 5.82 Å². The number of anilines is 1. The molecule has 0 amide bonds. The molecule has 0 aliphatic carbocycles. The zero-order chi connectivity index (χ0) is 10.6. The Hall–Kier alpha value is -0.570. The number of hydrogen-bond acceptors (Lipinski definition) is 2. The van der Waals surface area contributed by atoms with E-state index in [0.717, 1.165) is 16.8 Å². The minimum absolute atomic E-state index is 0.694. The van der Waals surface area contributed by atoms with Gasteiger partial charge in [0.05, 0.1) is 0 Å². The number of aromatic nitrogens is 1. The molecule has 0 aromatic carbocycles. The zero-order valence-electron chi connectivity index (χ0n) is 8.97. The maximum absolute atomic E-state index is 4.33. The van der Waals surface area contributed by atoms with Crippen LogP contribution in [0.2, 0.25) is 0 Å². The van der Waals surface area contributed by atoms with Gasteiger partial charge in [-0.2, -0.15) is 0 Å². The van der Waals surface area contributed by atoms with Gasteiger partial charge in [0.1, 0.15) is 5.82 Å². The summed E-state index contributed by atoms with van der Waals surface area (Å²) in [6.45, 7) is 7.50. The van der Waals surface area contributed by atoms with Crippen LogP contribution in [0.15, 0.2) is 16.7 Å². The van der Waals surface area contributed by atoms with Crippen LogP contribution >= 0.6 is 15.9 Å². The molecule has 1 heterocycles. The van der Waals surface area contributed by atoms with Gasteiger partial charge in [0, 0.05) is 17.2 Å². The first-order valence-electron chi connectivity index (χ1n) is 4.99. The lowest BCUT2D eigenvalue weighted by atomic mass is 10.1. The van der Waals surface area contributed by atoms with Gasteiger partial charge in [0.2, 0.25) is 0 Å². The first-order valence-corrected chi connectivity index (χ1v) is 5.78. The monoisotopic (exact) mass is 256 g/mol. The van der Waals surface area contributed by atoms with Crippen LogP contribution in [0, 0.1) is 12.8 Å². The van der Waals surface area contributed by atoms with Crippen molar-refractivity contribution < 1.29 is 0 Å². The van der Waals surface area contributed by atoms with E-state index in [-0.39, 0.29) is 0 Å². The molecule has 0 radical (unpaired) electrons. The average molecular weight is 257 g/mol. The van der Waals surface area contributed by atoms with Gasteiger partial charge in [0.25, 0.3) is 0 Å². The standard InChI is InChI=1S/C11H17BrN2/c1-4-8(2)6-13-11-9(3)5-10(12)7-14-11/h5,7-8H,4,6H2,1-3H3,(H,13,14). The van der Waals surface area contributed by atoms with Gasteiger partial charge in [0.15, 0.2) is 0 Å². The highest BCUT2D eigenvalue weighted by Gasteiger charge is 2.02. The van der Waals surface area contributed by atoms with Gasteiger partial charge < -0.3 is 5.32 Å². The largest absolute Gasteiger partial charge is 0.370 e. The minimum atomic E-state index is 0.694. The molecule has 78 valence electrons. The molecule has 1 aromatic rings. The molecular weight excluding hydrogens is 240 g/mol. The van der Waals surface area contributed by atoms with E-state index in [9.17, 15) is 0 Å². The number of pyridine rings is 1. The van der Waals surface area contributed by atoms with E-state index in [4.69, 9.17) is 0 Å². The number of rotatable bonds is 4. The molecular formula is C11H17BrN2. The molecule has 0 saturated carbocycles. The van der Waals surface area contributed by atoms with Crippen LogP contribution < -0.4 is 5.32 Å². The van der Waals surface area contributed by atoms with Crippen LogP contribution in [0.25, 0.3) is 0 Å². The number of hydrogen-bond donors (Lipinski definition) is 1. The minimum Gasteiger partial charge on any atom is -0.370 e. The van der Waals surface area contributed by atoms with E-state index >= 15 is 0 Å². The maximum atomic E-state index is 4.33. The summed E-state index contributed by atoms with van der Waals surface area (Å²) >= 11 is 3.40. The Morgan fingerprint density at radius 3 is 2.86 bits per heavy atom. The predicted molar refractivity (Wildman–Crippen MR) is 64.6 cm³/mol. The zero-order valence-corrected chi connectivity index (χ0v) is 10.6. The van der Waals surface area contributed by atoms with Crippen LogP contribution in [0.5, 0.6) is 0 Å². The average Bonchev–Trinajstić information content (AvgIpc) is 2.16. The SMILES string of the molecule is CCC(C)CNc1ncc(Br)cc1C. The molecule has 1 atom stereocenters. The maximum Gasteiger partial charge on any atom is 0.128 e. The molecule has 0 aliphatic heterocycles. The van der Waals surface area contributed by atoms with Gasteiger partial charge >= 0.3 is 0 Å². The van der Waals surface area contributed by atoms with E-state index in [1.165, 1.54) is 12.0 Å². The fraction of sp³-hybridized carbons (Fsp3) is 0.545. The molecule has 1 N–H and O–H groups in total. The number of aryl methyl sites for hydroxylation is 1. The Kier molecular flexibility index (Phi) is 4.39. The van der Waals surface area contributed by atoms with Crippen LogP contribution in [-0.2, 0) is 0 Å². The third kappa shape index (κ3) is 3.29. The van der Waals surface area contributed by atoms with Crippen molar-refractivity contribution in [2.24, 2.45) is 5.92 Å². The van der Waals surface area contributed by atoms with Gasteiger partial charge in [-0.25, -0.2) is 4.98 Å². The van der Waals surface area contributed by atoms with Crippen molar-refractivity contribution in [2.75, 3.05) is 11.9 Å².